The number of ether oxygens (including phenoxy) is 2. The first kappa shape index (κ1) is 10.2. The molecule has 0 saturated heterocycles. The standard InChI is InChI=1S/C8H14O3/c1-4-10-6-7(3)8(9)11-5-2/h3-6H2,1-2H3. The summed E-state index contributed by atoms with van der Waals surface area (Å²) in [7, 11) is 0. The van der Waals surface area contributed by atoms with Gasteiger partial charge in [-0.25, -0.2) is 4.79 Å². The first-order valence-corrected chi connectivity index (χ1v) is 3.65. The fourth-order valence-electron chi connectivity index (χ4n) is 0.517. The average Bonchev–Trinajstić information content (AvgIpc) is 2.00. The molecular weight excluding hydrogens is 144 g/mol. The lowest BCUT2D eigenvalue weighted by Crippen LogP contribution is -2.11. The predicted molar refractivity (Wildman–Crippen MR) is 42.3 cm³/mol. The molecule has 0 aliphatic heterocycles. The SMILES string of the molecule is C=C(COCC)C(=O)OCC. The zero-order chi connectivity index (χ0) is 8.69. The molecule has 0 rings (SSSR count). The van der Waals surface area contributed by atoms with Gasteiger partial charge in [-0.05, 0) is 13.8 Å². The fraction of sp³-hybridized carbons (Fsp3) is 0.625. The highest BCUT2D eigenvalue weighted by molar-refractivity contribution is 5.87. The summed E-state index contributed by atoms with van der Waals surface area (Å²) < 4.78 is 9.64. The van der Waals surface area contributed by atoms with Crippen molar-refractivity contribution in [2.24, 2.45) is 0 Å². The van der Waals surface area contributed by atoms with Crippen LogP contribution < -0.4 is 0 Å². The topological polar surface area (TPSA) is 35.5 Å². The highest BCUT2D eigenvalue weighted by Crippen LogP contribution is 1.95. The molecule has 0 fully saturated rings. The zero-order valence-electron chi connectivity index (χ0n) is 7.05. The fourth-order valence-corrected chi connectivity index (χ4v) is 0.517. The minimum absolute atomic E-state index is 0.259. The molecule has 0 bridgehead atoms. The van der Waals surface area contributed by atoms with Crippen LogP contribution in [0, 0.1) is 0 Å². The van der Waals surface area contributed by atoms with Crippen molar-refractivity contribution in [2.45, 2.75) is 13.8 Å². The normalized spacial score (nSPS) is 9.27. The number of carbonyl (C=O) groups is 1. The average molecular weight is 158 g/mol. The van der Waals surface area contributed by atoms with Gasteiger partial charge in [0.1, 0.15) is 0 Å². The van der Waals surface area contributed by atoms with E-state index in [1.54, 1.807) is 6.92 Å². The molecule has 0 aromatic carbocycles. The van der Waals surface area contributed by atoms with Crippen LogP contribution in [0.25, 0.3) is 0 Å². The number of esters is 1. The van der Waals surface area contributed by atoms with Gasteiger partial charge < -0.3 is 9.47 Å². The van der Waals surface area contributed by atoms with E-state index in [2.05, 4.69) is 11.3 Å². The van der Waals surface area contributed by atoms with Gasteiger partial charge in [0.2, 0.25) is 0 Å². The summed E-state index contributed by atoms with van der Waals surface area (Å²) >= 11 is 0. The van der Waals surface area contributed by atoms with Crippen molar-refractivity contribution in [2.75, 3.05) is 19.8 Å². The Labute approximate surface area is 67.0 Å². The Morgan fingerprint density at radius 1 is 1.36 bits per heavy atom. The maximum absolute atomic E-state index is 10.8. The summed E-state index contributed by atoms with van der Waals surface area (Å²) in [6.45, 7) is 8.35. The van der Waals surface area contributed by atoms with E-state index in [-0.39, 0.29) is 12.6 Å². The van der Waals surface area contributed by atoms with Crippen molar-refractivity contribution in [3.8, 4) is 0 Å². The van der Waals surface area contributed by atoms with E-state index >= 15 is 0 Å². The summed E-state index contributed by atoms with van der Waals surface area (Å²) in [5.74, 6) is -0.374. The Morgan fingerprint density at radius 2 is 2.00 bits per heavy atom. The largest absolute Gasteiger partial charge is 0.463 e. The number of rotatable bonds is 5. The molecule has 0 heterocycles. The molecule has 0 saturated carbocycles. The molecule has 3 heteroatoms. The molecule has 0 aromatic rings. The van der Waals surface area contributed by atoms with Crippen LogP contribution >= 0.6 is 0 Å². The van der Waals surface area contributed by atoms with E-state index in [1.807, 2.05) is 6.92 Å². The quantitative estimate of drug-likeness (QED) is 0.444. The van der Waals surface area contributed by atoms with Gasteiger partial charge in [-0.15, -0.1) is 0 Å². The predicted octanol–water partition coefficient (Wildman–Crippen LogP) is 1.14. The Kier molecular flexibility index (Phi) is 5.47. The minimum atomic E-state index is -0.374. The van der Waals surface area contributed by atoms with Gasteiger partial charge in [0.25, 0.3) is 0 Å². The smallest absolute Gasteiger partial charge is 0.335 e. The summed E-state index contributed by atoms with van der Waals surface area (Å²) in [6, 6.07) is 0. The van der Waals surface area contributed by atoms with Crippen LogP contribution in [-0.4, -0.2) is 25.8 Å². The van der Waals surface area contributed by atoms with Crippen LogP contribution in [0.3, 0.4) is 0 Å². The molecule has 0 aliphatic carbocycles. The van der Waals surface area contributed by atoms with Crippen LogP contribution in [0.5, 0.6) is 0 Å². The third-order valence-corrected chi connectivity index (χ3v) is 1.04. The minimum Gasteiger partial charge on any atom is -0.463 e. The summed E-state index contributed by atoms with van der Waals surface area (Å²) in [4.78, 5) is 10.8. The van der Waals surface area contributed by atoms with Crippen LogP contribution in [0.2, 0.25) is 0 Å². The second-order valence-electron chi connectivity index (χ2n) is 1.96. The molecule has 0 radical (unpaired) electrons. The zero-order valence-corrected chi connectivity index (χ0v) is 7.05. The lowest BCUT2D eigenvalue weighted by Gasteiger charge is -2.03. The van der Waals surface area contributed by atoms with Gasteiger partial charge in [0.15, 0.2) is 0 Å². The Bertz CT molecular complexity index is 140. The van der Waals surface area contributed by atoms with E-state index in [0.29, 0.717) is 18.8 Å². The highest BCUT2D eigenvalue weighted by atomic mass is 16.5. The van der Waals surface area contributed by atoms with Gasteiger partial charge >= 0.3 is 5.97 Å². The molecule has 0 atom stereocenters. The monoisotopic (exact) mass is 158 g/mol. The van der Waals surface area contributed by atoms with E-state index in [9.17, 15) is 4.79 Å². The second-order valence-corrected chi connectivity index (χ2v) is 1.96. The number of hydrogen-bond acceptors (Lipinski definition) is 3. The van der Waals surface area contributed by atoms with Gasteiger partial charge in [-0.3, -0.25) is 0 Å². The first-order chi connectivity index (χ1) is 5.22. The summed E-state index contributed by atoms with van der Waals surface area (Å²) in [5, 5.41) is 0. The molecule has 0 unspecified atom stereocenters. The molecule has 0 N–H and O–H groups in total. The third-order valence-electron chi connectivity index (χ3n) is 1.04. The molecular formula is C8H14O3. The van der Waals surface area contributed by atoms with Crippen LogP contribution in [0.15, 0.2) is 12.2 Å². The third kappa shape index (κ3) is 4.56. The summed E-state index contributed by atoms with van der Waals surface area (Å²) in [6.07, 6.45) is 0. The van der Waals surface area contributed by atoms with Crippen LogP contribution in [-0.2, 0) is 14.3 Å². The van der Waals surface area contributed by atoms with Crippen molar-refractivity contribution >= 4 is 5.97 Å². The van der Waals surface area contributed by atoms with Crippen LogP contribution in [0.4, 0.5) is 0 Å². The van der Waals surface area contributed by atoms with Gasteiger partial charge in [0, 0.05) is 6.61 Å². The van der Waals surface area contributed by atoms with Crippen molar-refractivity contribution in [3.05, 3.63) is 12.2 Å². The lowest BCUT2D eigenvalue weighted by atomic mass is 10.3. The lowest BCUT2D eigenvalue weighted by molar-refractivity contribution is -0.139. The van der Waals surface area contributed by atoms with Crippen LogP contribution in [0.1, 0.15) is 13.8 Å². The van der Waals surface area contributed by atoms with Crippen molar-refractivity contribution < 1.29 is 14.3 Å². The second kappa shape index (κ2) is 5.92. The highest BCUT2D eigenvalue weighted by Gasteiger charge is 2.05. The number of carbonyl (C=O) groups excluding carboxylic acids is 1. The van der Waals surface area contributed by atoms with Gasteiger partial charge in [-0.1, -0.05) is 6.58 Å². The molecule has 0 aliphatic rings. The maximum Gasteiger partial charge on any atom is 0.335 e. The molecule has 3 nitrogen and oxygen atoms in total. The van der Waals surface area contributed by atoms with Gasteiger partial charge in [0.05, 0.1) is 18.8 Å². The molecule has 0 spiro atoms. The van der Waals surface area contributed by atoms with Crippen molar-refractivity contribution in [1.82, 2.24) is 0 Å². The Morgan fingerprint density at radius 3 is 2.45 bits per heavy atom. The Hall–Kier alpha value is -0.830. The van der Waals surface area contributed by atoms with Gasteiger partial charge in [-0.2, -0.15) is 0 Å². The van der Waals surface area contributed by atoms with E-state index in [4.69, 9.17) is 4.74 Å². The van der Waals surface area contributed by atoms with E-state index in [1.165, 1.54) is 0 Å². The number of hydrogen-bond donors (Lipinski definition) is 0. The molecule has 0 amide bonds. The Balaban J connectivity index is 3.56. The van der Waals surface area contributed by atoms with Crippen molar-refractivity contribution in [1.29, 1.82) is 0 Å². The maximum atomic E-state index is 10.8. The summed E-state index contributed by atoms with van der Waals surface area (Å²) in [5.41, 5.74) is 0.369. The van der Waals surface area contributed by atoms with E-state index < -0.39 is 0 Å². The van der Waals surface area contributed by atoms with E-state index in [0.717, 1.165) is 0 Å². The first-order valence-electron chi connectivity index (χ1n) is 3.65. The molecule has 11 heavy (non-hydrogen) atoms. The van der Waals surface area contributed by atoms with Crippen molar-refractivity contribution in [3.63, 3.8) is 0 Å². The molecule has 64 valence electrons. The molecule has 0 aromatic heterocycles.